The van der Waals surface area contributed by atoms with E-state index in [0.717, 1.165) is 49.1 Å². The lowest BCUT2D eigenvalue weighted by atomic mass is 9.94. The number of nitrogen functional groups attached to an aromatic ring is 1. The minimum atomic E-state index is -0.556. The minimum Gasteiger partial charge on any atom is -0.490 e. The van der Waals surface area contributed by atoms with Gasteiger partial charge < -0.3 is 29.8 Å². The van der Waals surface area contributed by atoms with Gasteiger partial charge in [-0.05, 0) is 86.2 Å². The molecule has 0 fully saturated rings. The first-order valence-electron chi connectivity index (χ1n) is 15.8. The first-order valence-corrected chi connectivity index (χ1v) is 16.6. The smallest absolute Gasteiger partial charge is 0.410 e. The number of ether oxygens (including phenoxy) is 3. The molecule has 0 unspecified atom stereocenters. The third-order valence-corrected chi connectivity index (χ3v) is 9.17. The molecule has 246 valence electrons. The standard InChI is InChI=1S/C37H36FN5O4S/c1-37(2,3)47-36(44)43-13-11-21-17-22(5-6-23(21)20-43)32-27-12-16-48-34(27)31(26-9-7-24(38)18-30(26)46-15-14-45-4)33(42-32)35-40-28-10-8-25(39)19-29(28)41-35/h5-10,12,16-19H,11,13-15,20,39H2,1-4H3,(H,40,41). The Hall–Kier alpha value is -5.00. The van der Waals surface area contributed by atoms with Crippen LogP contribution < -0.4 is 10.5 Å². The molecule has 0 aliphatic carbocycles. The van der Waals surface area contributed by atoms with E-state index in [4.69, 9.17) is 29.9 Å². The van der Waals surface area contributed by atoms with Crippen LogP contribution in [-0.4, -0.2) is 58.4 Å². The van der Waals surface area contributed by atoms with Crippen LogP contribution in [0.15, 0.2) is 66.0 Å². The summed E-state index contributed by atoms with van der Waals surface area (Å²) in [4.78, 5) is 28.2. The molecule has 6 aromatic rings. The Balaban J connectivity index is 1.38. The summed E-state index contributed by atoms with van der Waals surface area (Å²) in [5.41, 5.74) is 13.8. The van der Waals surface area contributed by atoms with Crippen LogP contribution in [0, 0.1) is 5.82 Å². The first-order chi connectivity index (χ1) is 23.1. The highest BCUT2D eigenvalue weighted by Crippen LogP contribution is 2.46. The molecular formula is C37H36FN5O4S. The fourth-order valence-corrected chi connectivity index (χ4v) is 7.00. The van der Waals surface area contributed by atoms with Gasteiger partial charge in [0.1, 0.15) is 29.5 Å². The van der Waals surface area contributed by atoms with Crippen molar-refractivity contribution in [3.63, 3.8) is 0 Å². The molecule has 0 saturated heterocycles. The molecule has 4 heterocycles. The summed E-state index contributed by atoms with van der Waals surface area (Å²) in [5.74, 6) is 0.541. The van der Waals surface area contributed by atoms with Crippen molar-refractivity contribution in [3.05, 3.63) is 83.0 Å². The molecule has 0 bridgehead atoms. The van der Waals surface area contributed by atoms with E-state index in [1.54, 1.807) is 29.4 Å². The number of nitrogens with one attached hydrogen (secondary N) is 1. The number of imidazole rings is 1. The number of thiophene rings is 1. The molecule has 3 aromatic carbocycles. The van der Waals surface area contributed by atoms with Gasteiger partial charge in [0, 0.05) is 58.7 Å². The summed E-state index contributed by atoms with van der Waals surface area (Å²) in [6, 6.07) is 18.4. The van der Waals surface area contributed by atoms with Gasteiger partial charge in [-0.1, -0.05) is 12.1 Å². The van der Waals surface area contributed by atoms with Crippen LogP contribution >= 0.6 is 11.3 Å². The Bertz CT molecular complexity index is 2170. The predicted molar refractivity (Wildman–Crippen MR) is 188 cm³/mol. The van der Waals surface area contributed by atoms with Crippen molar-refractivity contribution in [2.75, 3.05) is 32.6 Å². The molecule has 3 aromatic heterocycles. The molecule has 48 heavy (non-hydrogen) atoms. The van der Waals surface area contributed by atoms with Crippen molar-refractivity contribution in [2.45, 2.75) is 39.3 Å². The summed E-state index contributed by atoms with van der Waals surface area (Å²) < 4.78 is 32.5. The number of carbonyl (C=O) groups excluding carboxylic acids is 1. The van der Waals surface area contributed by atoms with E-state index < -0.39 is 11.4 Å². The number of fused-ring (bicyclic) bond motifs is 3. The normalized spacial score (nSPS) is 13.2. The summed E-state index contributed by atoms with van der Waals surface area (Å²) in [6.45, 7) is 7.28. The van der Waals surface area contributed by atoms with Crippen LogP contribution in [0.4, 0.5) is 14.9 Å². The van der Waals surface area contributed by atoms with Crippen LogP contribution in [0.2, 0.25) is 0 Å². The van der Waals surface area contributed by atoms with Crippen LogP contribution in [0.25, 0.3) is 55.0 Å². The predicted octanol–water partition coefficient (Wildman–Crippen LogP) is 8.21. The number of amides is 1. The van der Waals surface area contributed by atoms with Crippen LogP contribution in [0.1, 0.15) is 31.9 Å². The van der Waals surface area contributed by atoms with Crippen molar-refractivity contribution < 1.29 is 23.4 Å². The number of benzene rings is 3. The van der Waals surface area contributed by atoms with E-state index in [2.05, 4.69) is 29.2 Å². The molecular weight excluding hydrogens is 630 g/mol. The molecule has 11 heteroatoms. The van der Waals surface area contributed by atoms with Crippen molar-refractivity contribution in [3.8, 4) is 39.7 Å². The maximum Gasteiger partial charge on any atom is 0.410 e. The lowest BCUT2D eigenvalue weighted by Crippen LogP contribution is -2.39. The minimum absolute atomic E-state index is 0.256. The Morgan fingerprint density at radius 1 is 1.02 bits per heavy atom. The zero-order valence-corrected chi connectivity index (χ0v) is 28.0. The molecule has 9 nitrogen and oxygen atoms in total. The van der Waals surface area contributed by atoms with Crippen LogP contribution in [-0.2, 0) is 22.4 Å². The number of H-pyrrole nitrogens is 1. The highest BCUT2D eigenvalue weighted by Gasteiger charge is 2.28. The molecule has 1 aliphatic heterocycles. The topological polar surface area (TPSA) is 116 Å². The number of hydrogen-bond donors (Lipinski definition) is 2. The number of methoxy groups -OCH3 is 1. The molecule has 1 amide bonds. The second-order valence-electron chi connectivity index (χ2n) is 12.8. The summed E-state index contributed by atoms with van der Waals surface area (Å²) in [7, 11) is 1.60. The second-order valence-corrected chi connectivity index (χ2v) is 13.7. The molecule has 7 rings (SSSR count). The monoisotopic (exact) mass is 665 g/mol. The van der Waals surface area contributed by atoms with E-state index in [0.29, 0.717) is 54.6 Å². The van der Waals surface area contributed by atoms with Crippen LogP contribution in [0.3, 0.4) is 0 Å². The van der Waals surface area contributed by atoms with Gasteiger partial charge in [0.25, 0.3) is 0 Å². The highest BCUT2D eigenvalue weighted by atomic mass is 32.1. The third kappa shape index (κ3) is 6.18. The number of hydrogen-bond acceptors (Lipinski definition) is 8. The van der Waals surface area contributed by atoms with Gasteiger partial charge in [0.2, 0.25) is 0 Å². The quantitative estimate of drug-likeness (QED) is 0.130. The van der Waals surface area contributed by atoms with Crippen molar-refractivity contribution in [1.82, 2.24) is 19.9 Å². The van der Waals surface area contributed by atoms with Crippen molar-refractivity contribution in [1.29, 1.82) is 0 Å². The van der Waals surface area contributed by atoms with Gasteiger partial charge in [-0.15, -0.1) is 11.3 Å². The van der Waals surface area contributed by atoms with Gasteiger partial charge in [-0.25, -0.2) is 19.2 Å². The molecule has 3 N–H and O–H groups in total. The Morgan fingerprint density at radius 2 is 1.88 bits per heavy atom. The van der Waals surface area contributed by atoms with Crippen LogP contribution in [0.5, 0.6) is 5.75 Å². The highest BCUT2D eigenvalue weighted by molar-refractivity contribution is 7.18. The van der Waals surface area contributed by atoms with E-state index in [-0.39, 0.29) is 12.7 Å². The summed E-state index contributed by atoms with van der Waals surface area (Å²) in [6.07, 6.45) is 0.390. The van der Waals surface area contributed by atoms with Crippen molar-refractivity contribution >= 4 is 44.2 Å². The number of nitrogens with two attached hydrogens (primary N) is 1. The number of nitrogens with zero attached hydrogens (tertiary/aromatic N) is 3. The van der Waals surface area contributed by atoms with Gasteiger partial charge >= 0.3 is 6.09 Å². The largest absolute Gasteiger partial charge is 0.490 e. The first kappa shape index (κ1) is 31.6. The fraction of sp³-hybridized carbons (Fsp3) is 0.270. The average molecular weight is 666 g/mol. The maximum atomic E-state index is 14.6. The molecule has 0 spiro atoms. The zero-order chi connectivity index (χ0) is 33.6. The van der Waals surface area contributed by atoms with Gasteiger partial charge in [-0.2, -0.15) is 0 Å². The maximum absolute atomic E-state index is 14.6. The number of anilines is 1. The number of aromatic amines is 1. The Kier molecular flexibility index (Phi) is 8.26. The molecule has 0 saturated carbocycles. The number of pyridine rings is 1. The number of rotatable bonds is 7. The number of aromatic nitrogens is 3. The lowest BCUT2D eigenvalue weighted by molar-refractivity contribution is 0.0224. The second kappa shape index (κ2) is 12.6. The van der Waals surface area contributed by atoms with Gasteiger partial charge in [-0.3, -0.25) is 0 Å². The Labute approximate surface area is 281 Å². The molecule has 0 atom stereocenters. The number of carbonyl (C=O) groups is 1. The summed E-state index contributed by atoms with van der Waals surface area (Å²) in [5, 5.41) is 2.99. The van der Waals surface area contributed by atoms with Gasteiger partial charge in [0.05, 0.1) is 23.3 Å². The van der Waals surface area contributed by atoms with E-state index in [1.807, 2.05) is 44.4 Å². The Morgan fingerprint density at radius 3 is 2.69 bits per heavy atom. The average Bonchev–Trinajstić information content (AvgIpc) is 3.71. The lowest BCUT2D eigenvalue weighted by Gasteiger charge is -2.31. The molecule has 0 radical (unpaired) electrons. The third-order valence-electron chi connectivity index (χ3n) is 8.24. The van der Waals surface area contributed by atoms with E-state index in [1.165, 1.54) is 12.1 Å². The zero-order valence-electron chi connectivity index (χ0n) is 27.2. The van der Waals surface area contributed by atoms with E-state index >= 15 is 0 Å². The number of halogens is 1. The summed E-state index contributed by atoms with van der Waals surface area (Å²) >= 11 is 1.58. The van der Waals surface area contributed by atoms with E-state index in [9.17, 15) is 9.18 Å². The molecule has 1 aliphatic rings. The SMILES string of the molecule is COCCOc1cc(F)ccc1-c1c(-c2nc3ccc(N)cc3[nH]2)nc(-c2ccc3c(c2)CCN(C(=O)OC(C)(C)C)C3)c2ccsc12. The van der Waals surface area contributed by atoms with Gasteiger partial charge in [0.15, 0.2) is 5.82 Å². The fourth-order valence-electron chi connectivity index (χ4n) is 6.05. The van der Waals surface area contributed by atoms with Crippen molar-refractivity contribution in [2.24, 2.45) is 0 Å².